The van der Waals surface area contributed by atoms with Crippen LogP contribution in [0.15, 0.2) is 54.7 Å². The molecule has 2 N–H and O–H groups in total. The third-order valence-electron chi connectivity index (χ3n) is 6.26. The first-order valence-electron chi connectivity index (χ1n) is 9.95. The number of H-pyrrole nitrogens is 1. The SMILES string of the molecule is CN1CC(NC(=O)OCc2ccccc2)C[C@@H]2c3cccc4[nH]cc(c34)C[C@H]21. The fourth-order valence-corrected chi connectivity index (χ4v) is 4.98. The third-order valence-corrected chi connectivity index (χ3v) is 6.26. The smallest absolute Gasteiger partial charge is 0.407 e. The van der Waals surface area contributed by atoms with E-state index in [9.17, 15) is 4.79 Å². The number of ether oxygens (including phenoxy) is 1. The maximum absolute atomic E-state index is 12.3. The molecule has 3 aromatic rings. The average Bonchev–Trinajstić information content (AvgIpc) is 3.13. The van der Waals surface area contributed by atoms with Crippen LogP contribution in [0.4, 0.5) is 4.79 Å². The predicted octanol–water partition coefficient (Wildman–Crippen LogP) is 3.81. The second-order valence-electron chi connectivity index (χ2n) is 8.04. The van der Waals surface area contributed by atoms with Crippen LogP contribution < -0.4 is 5.32 Å². The van der Waals surface area contributed by atoms with E-state index in [0.717, 1.165) is 24.9 Å². The van der Waals surface area contributed by atoms with E-state index in [2.05, 4.69) is 46.6 Å². The van der Waals surface area contributed by atoms with E-state index in [1.54, 1.807) is 0 Å². The van der Waals surface area contributed by atoms with E-state index in [4.69, 9.17) is 4.74 Å². The minimum Gasteiger partial charge on any atom is -0.445 e. The number of fused-ring (bicyclic) bond motifs is 2. The van der Waals surface area contributed by atoms with Gasteiger partial charge < -0.3 is 19.9 Å². The lowest BCUT2D eigenvalue weighted by Gasteiger charge is -2.45. The molecule has 5 heteroatoms. The van der Waals surface area contributed by atoms with Crippen LogP contribution >= 0.6 is 0 Å². The van der Waals surface area contributed by atoms with Gasteiger partial charge in [-0.2, -0.15) is 0 Å². The summed E-state index contributed by atoms with van der Waals surface area (Å²) in [5, 5.41) is 4.47. The van der Waals surface area contributed by atoms with Crippen LogP contribution in [0.3, 0.4) is 0 Å². The number of rotatable bonds is 3. The minimum atomic E-state index is -0.336. The second kappa shape index (κ2) is 6.99. The van der Waals surface area contributed by atoms with Gasteiger partial charge in [-0.25, -0.2) is 4.79 Å². The van der Waals surface area contributed by atoms with Gasteiger partial charge in [0.25, 0.3) is 0 Å². The topological polar surface area (TPSA) is 57.4 Å². The molecule has 5 nitrogen and oxygen atoms in total. The highest BCUT2D eigenvalue weighted by atomic mass is 16.5. The lowest BCUT2D eigenvalue weighted by Crippen LogP contribution is -2.54. The molecule has 1 aromatic heterocycles. The molecule has 2 aliphatic rings. The van der Waals surface area contributed by atoms with Crippen LogP contribution in [0.25, 0.3) is 10.9 Å². The van der Waals surface area contributed by atoms with E-state index in [1.165, 1.54) is 22.0 Å². The Balaban J connectivity index is 1.30. The van der Waals surface area contributed by atoms with Crippen molar-refractivity contribution in [3.63, 3.8) is 0 Å². The number of aromatic amines is 1. The summed E-state index contributed by atoms with van der Waals surface area (Å²) in [5.74, 6) is 0.421. The molecule has 1 unspecified atom stereocenters. The van der Waals surface area contributed by atoms with E-state index >= 15 is 0 Å². The van der Waals surface area contributed by atoms with Gasteiger partial charge in [0.2, 0.25) is 0 Å². The fourth-order valence-electron chi connectivity index (χ4n) is 4.98. The minimum absolute atomic E-state index is 0.0882. The Morgan fingerprint density at radius 3 is 2.93 bits per heavy atom. The number of nitrogens with one attached hydrogen (secondary N) is 2. The summed E-state index contributed by atoms with van der Waals surface area (Å²) in [6.07, 6.45) is 3.82. The second-order valence-corrected chi connectivity index (χ2v) is 8.04. The predicted molar refractivity (Wildman–Crippen MR) is 109 cm³/mol. The Labute approximate surface area is 164 Å². The molecular formula is C23H25N3O2. The number of likely N-dealkylation sites (N-methyl/N-ethyl adjacent to an activating group) is 1. The first-order chi connectivity index (χ1) is 13.7. The molecule has 0 saturated carbocycles. The Hall–Kier alpha value is -2.79. The Kier molecular flexibility index (Phi) is 4.32. The molecular weight excluding hydrogens is 350 g/mol. The van der Waals surface area contributed by atoms with Crippen molar-refractivity contribution in [3.05, 3.63) is 71.4 Å². The molecule has 1 aliphatic heterocycles. The number of aromatic nitrogens is 1. The molecule has 0 spiro atoms. The molecule has 2 aromatic carbocycles. The van der Waals surface area contributed by atoms with Gasteiger partial charge in [0.1, 0.15) is 6.61 Å². The number of carbonyl (C=O) groups excluding carboxylic acids is 1. The third kappa shape index (κ3) is 3.06. The molecule has 2 heterocycles. The monoisotopic (exact) mass is 375 g/mol. The molecule has 0 radical (unpaired) electrons. The van der Waals surface area contributed by atoms with Gasteiger partial charge in [-0.1, -0.05) is 42.5 Å². The summed E-state index contributed by atoms with van der Waals surface area (Å²) in [7, 11) is 2.17. The van der Waals surface area contributed by atoms with Gasteiger partial charge in [0.05, 0.1) is 0 Å². The average molecular weight is 375 g/mol. The molecule has 5 rings (SSSR count). The largest absolute Gasteiger partial charge is 0.445 e. The molecule has 0 bridgehead atoms. The lowest BCUT2D eigenvalue weighted by molar-refractivity contribution is 0.105. The van der Waals surface area contributed by atoms with Crippen molar-refractivity contribution in [2.75, 3.05) is 13.6 Å². The number of piperidine rings is 1. The van der Waals surface area contributed by atoms with E-state index < -0.39 is 0 Å². The van der Waals surface area contributed by atoms with Gasteiger partial charge >= 0.3 is 6.09 Å². The number of benzene rings is 2. The van der Waals surface area contributed by atoms with Crippen LogP contribution in [0.1, 0.15) is 29.0 Å². The van der Waals surface area contributed by atoms with Gasteiger partial charge in [0.15, 0.2) is 0 Å². The van der Waals surface area contributed by atoms with E-state index in [-0.39, 0.29) is 12.1 Å². The number of likely N-dealkylation sites (tertiary alicyclic amines) is 1. The van der Waals surface area contributed by atoms with Crippen molar-refractivity contribution >= 4 is 17.0 Å². The normalized spacial score (nSPS) is 24.0. The van der Waals surface area contributed by atoms with Crippen molar-refractivity contribution in [2.45, 2.75) is 37.5 Å². The lowest BCUT2D eigenvalue weighted by atomic mass is 9.74. The zero-order valence-corrected chi connectivity index (χ0v) is 16.0. The highest BCUT2D eigenvalue weighted by molar-refractivity contribution is 5.88. The highest BCUT2D eigenvalue weighted by Crippen LogP contribution is 2.42. The summed E-state index contributed by atoms with van der Waals surface area (Å²) >= 11 is 0. The van der Waals surface area contributed by atoms with Gasteiger partial charge in [-0.05, 0) is 42.6 Å². The molecule has 144 valence electrons. The van der Waals surface area contributed by atoms with Gasteiger partial charge in [-0.15, -0.1) is 0 Å². The first-order valence-corrected chi connectivity index (χ1v) is 9.95. The summed E-state index contributed by atoms with van der Waals surface area (Å²) in [5.41, 5.74) is 5.02. The van der Waals surface area contributed by atoms with Crippen molar-refractivity contribution in [1.82, 2.24) is 15.2 Å². The highest BCUT2D eigenvalue weighted by Gasteiger charge is 2.39. The van der Waals surface area contributed by atoms with Crippen LogP contribution in [0.5, 0.6) is 0 Å². The Morgan fingerprint density at radius 2 is 2.07 bits per heavy atom. The zero-order chi connectivity index (χ0) is 19.1. The summed E-state index contributed by atoms with van der Waals surface area (Å²) < 4.78 is 5.43. The summed E-state index contributed by atoms with van der Waals surface area (Å²) in [4.78, 5) is 18.1. The van der Waals surface area contributed by atoms with Crippen LogP contribution in [0.2, 0.25) is 0 Å². The Morgan fingerprint density at radius 1 is 1.21 bits per heavy atom. The number of nitrogens with zero attached hydrogens (tertiary/aromatic N) is 1. The van der Waals surface area contributed by atoms with Crippen LogP contribution in [0, 0.1) is 0 Å². The quantitative estimate of drug-likeness (QED) is 0.732. The van der Waals surface area contributed by atoms with Crippen LogP contribution in [-0.2, 0) is 17.8 Å². The fraction of sp³-hybridized carbons (Fsp3) is 0.348. The van der Waals surface area contributed by atoms with Crippen molar-refractivity contribution in [3.8, 4) is 0 Å². The number of hydrogen-bond acceptors (Lipinski definition) is 3. The van der Waals surface area contributed by atoms with E-state index in [0.29, 0.717) is 18.6 Å². The zero-order valence-electron chi connectivity index (χ0n) is 16.0. The summed E-state index contributed by atoms with van der Waals surface area (Å²) in [6, 6.07) is 16.9. The van der Waals surface area contributed by atoms with E-state index in [1.807, 2.05) is 30.3 Å². The molecule has 1 amide bonds. The number of hydrogen-bond donors (Lipinski definition) is 2. The van der Waals surface area contributed by atoms with Crippen molar-refractivity contribution < 1.29 is 9.53 Å². The molecule has 1 aliphatic carbocycles. The Bertz CT molecular complexity index is 998. The maximum atomic E-state index is 12.3. The molecule has 1 saturated heterocycles. The first kappa shape index (κ1) is 17.3. The van der Waals surface area contributed by atoms with Crippen LogP contribution in [-0.4, -0.2) is 41.7 Å². The molecule has 28 heavy (non-hydrogen) atoms. The van der Waals surface area contributed by atoms with Gasteiger partial charge in [0, 0.05) is 41.6 Å². The summed E-state index contributed by atoms with van der Waals surface area (Å²) in [6.45, 7) is 1.14. The standard InChI is InChI=1S/C23H25N3O2/c1-26-13-17(25-23(27)28-14-15-6-3-2-4-7-15)11-19-18-8-5-9-20-22(18)16(12-24-20)10-21(19)26/h2-9,12,17,19,21,24H,10-11,13-14H2,1H3,(H,25,27)/t17?,19-,21-/m1/s1. The molecule has 1 fully saturated rings. The number of carbonyl (C=O) groups is 1. The van der Waals surface area contributed by atoms with Gasteiger partial charge in [-0.3, -0.25) is 0 Å². The van der Waals surface area contributed by atoms with Crippen molar-refractivity contribution in [1.29, 1.82) is 0 Å². The van der Waals surface area contributed by atoms with Crippen molar-refractivity contribution in [2.24, 2.45) is 0 Å². The number of amides is 1. The maximum Gasteiger partial charge on any atom is 0.407 e. The number of alkyl carbamates (subject to hydrolysis) is 1. The molecule has 3 atom stereocenters.